The normalized spacial score (nSPS) is 14.9. The van der Waals surface area contributed by atoms with Crippen molar-refractivity contribution < 1.29 is 0 Å². The summed E-state index contributed by atoms with van der Waals surface area (Å²) in [5, 5.41) is 0. The minimum atomic E-state index is 1.08. The molecule has 0 aromatic rings. The Morgan fingerprint density at radius 1 is 1.56 bits per heavy atom. The van der Waals surface area contributed by atoms with E-state index in [2.05, 4.69) is 6.08 Å². The molecule has 1 aliphatic carbocycles. The first kappa shape index (κ1) is 6.60. The van der Waals surface area contributed by atoms with E-state index in [-0.39, 0.29) is 0 Å². The zero-order valence-electron chi connectivity index (χ0n) is 5.77. The molecule has 0 amide bonds. The highest BCUT2D eigenvalue weighted by atomic mass is 14.1. The van der Waals surface area contributed by atoms with Crippen molar-refractivity contribution in [1.29, 1.82) is 0 Å². The lowest BCUT2D eigenvalue weighted by Crippen LogP contribution is -1.72. The van der Waals surface area contributed by atoms with E-state index in [1.807, 2.05) is 0 Å². The third-order valence-electron chi connectivity index (χ3n) is 1.61. The van der Waals surface area contributed by atoms with Gasteiger partial charge in [-0.3, -0.25) is 0 Å². The van der Waals surface area contributed by atoms with Crippen LogP contribution in [-0.4, -0.2) is 0 Å². The molecule has 0 unspecified atom stereocenters. The molecule has 1 radical (unpaired) electrons. The molecule has 0 aromatic carbocycles. The second kappa shape index (κ2) is 3.49. The number of rotatable bonds is 5. The number of hydrogen-bond acceptors (Lipinski definition) is 0. The van der Waals surface area contributed by atoms with E-state index in [0.29, 0.717) is 0 Å². The summed E-state index contributed by atoms with van der Waals surface area (Å²) in [6.07, 6.45) is 10.3. The second-order valence-corrected chi connectivity index (χ2v) is 2.55. The zero-order chi connectivity index (χ0) is 6.53. The van der Waals surface area contributed by atoms with Gasteiger partial charge in [0.15, 0.2) is 0 Å². The molecule has 0 saturated carbocycles. The Hall–Kier alpha value is -0.520. The Labute approximate surface area is 57.3 Å². The first-order valence-corrected chi connectivity index (χ1v) is 3.65. The van der Waals surface area contributed by atoms with Gasteiger partial charge >= 0.3 is 0 Å². The van der Waals surface area contributed by atoms with Gasteiger partial charge in [0.05, 0.1) is 0 Å². The largest absolute Gasteiger partial charge is 0.0845 e. The smallest absolute Gasteiger partial charge is 0.0136 e. The lowest BCUT2D eigenvalue weighted by atomic mass is 10.1. The highest BCUT2D eigenvalue weighted by Crippen LogP contribution is 2.24. The molecule has 9 heavy (non-hydrogen) atoms. The standard InChI is InChI=1S/C9H13/c1-2-3-4-5-6-9-7-8-9/h1-2,7H,3-6,8H2. The van der Waals surface area contributed by atoms with Gasteiger partial charge < -0.3 is 0 Å². The maximum Gasteiger partial charge on any atom is -0.0136 e. The van der Waals surface area contributed by atoms with Crippen LogP contribution in [0.1, 0.15) is 32.1 Å². The van der Waals surface area contributed by atoms with Crippen molar-refractivity contribution in [3.63, 3.8) is 0 Å². The van der Waals surface area contributed by atoms with Crippen LogP contribution in [0.3, 0.4) is 0 Å². The lowest BCUT2D eigenvalue weighted by molar-refractivity contribution is 0.751. The van der Waals surface area contributed by atoms with Crippen molar-refractivity contribution in [1.82, 2.24) is 0 Å². The maximum atomic E-state index is 5.22. The Balaban J connectivity index is 1.81. The molecule has 0 nitrogen and oxygen atoms in total. The van der Waals surface area contributed by atoms with Crippen molar-refractivity contribution >= 4 is 0 Å². The Morgan fingerprint density at radius 2 is 2.33 bits per heavy atom. The zero-order valence-corrected chi connectivity index (χ0v) is 5.77. The lowest BCUT2D eigenvalue weighted by Gasteiger charge is -1.91. The summed E-state index contributed by atoms with van der Waals surface area (Å²) in [5.74, 6) is 0. The maximum absolute atomic E-state index is 5.22. The van der Waals surface area contributed by atoms with E-state index >= 15 is 0 Å². The fraction of sp³-hybridized carbons (Fsp3) is 0.556. The molecule has 0 aromatic heterocycles. The summed E-state index contributed by atoms with van der Waals surface area (Å²) in [6, 6.07) is 0. The van der Waals surface area contributed by atoms with Crippen LogP contribution in [0.4, 0.5) is 0 Å². The fourth-order valence-electron chi connectivity index (χ4n) is 0.891. The number of hydrogen-bond donors (Lipinski definition) is 0. The van der Waals surface area contributed by atoms with Crippen LogP contribution >= 0.6 is 0 Å². The highest BCUT2D eigenvalue weighted by Gasteiger charge is 2.04. The second-order valence-electron chi connectivity index (χ2n) is 2.55. The van der Waals surface area contributed by atoms with Crippen LogP contribution in [0.25, 0.3) is 0 Å². The van der Waals surface area contributed by atoms with E-state index in [4.69, 9.17) is 6.58 Å². The Kier molecular flexibility index (Phi) is 2.56. The van der Waals surface area contributed by atoms with Crippen LogP contribution < -0.4 is 0 Å². The van der Waals surface area contributed by atoms with Gasteiger partial charge in [-0.1, -0.05) is 24.3 Å². The Bertz CT molecular complexity index is 120. The highest BCUT2D eigenvalue weighted by molar-refractivity contribution is 5.21. The van der Waals surface area contributed by atoms with Crippen molar-refractivity contribution in [2.45, 2.75) is 32.1 Å². The number of allylic oxidation sites excluding steroid dienone is 3. The summed E-state index contributed by atoms with van der Waals surface area (Å²) in [5.41, 5.74) is 1.65. The molecule has 0 atom stereocenters. The van der Waals surface area contributed by atoms with Crippen molar-refractivity contribution in [3.05, 3.63) is 24.3 Å². The summed E-state index contributed by atoms with van der Waals surface area (Å²) in [6.45, 7) is 5.22. The van der Waals surface area contributed by atoms with E-state index in [0.717, 1.165) is 6.42 Å². The molecular weight excluding hydrogens is 108 g/mol. The third kappa shape index (κ3) is 3.12. The molecule has 1 rings (SSSR count). The molecular formula is C9H13. The van der Waals surface area contributed by atoms with Gasteiger partial charge in [-0.2, -0.15) is 0 Å². The van der Waals surface area contributed by atoms with Crippen LogP contribution in [-0.2, 0) is 0 Å². The average molecular weight is 121 g/mol. The topological polar surface area (TPSA) is 0 Å². The van der Waals surface area contributed by atoms with Crippen LogP contribution in [0.5, 0.6) is 0 Å². The minimum Gasteiger partial charge on any atom is -0.0845 e. The molecule has 0 heterocycles. The van der Waals surface area contributed by atoms with Crippen LogP contribution in [0.2, 0.25) is 0 Å². The SMILES string of the molecule is [CH]=CCCCCC1=CC1. The van der Waals surface area contributed by atoms with E-state index in [1.165, 1.54) is 25.7 Å². The van der Waals surface area contributed by atoms with E-state index in [9.17, 15) is 0 Å². The average Bonchev–Trinajstić information content (AvgIpc) is 2.63. The molecule has 1 aliphatic rings. The molecule has 0 bridgehead atoms. The van der Waals surface area contributed by atoms with Crippen molar-refractivity contribution in [2.75, 3.05) is 0 Å². The molecule has 0 saturated heterocycles. The summed E-state index contributed by atoms with van der Waals surface area (Å²) < 4.78 is 0. The first-order valence-electron chi connectivity index (χ1n) is 3.65. The van der Waals surface area contributed by atoms with Gasteiger partial charge in [0.2, 0.25) is 0 Å². The molecule has 0 fully saturated rings. The minimum absolute atomic E-state index is 1.08. The summed E-state index contributed by atoms with van der Waals surface area (Å²) >= 11 is 0. The van der Waals surface area contributed by atoms with Crippen LogP contribution in [0, 0.1) is 6.58 Å². The van der Waals surface area contributed by atoms with Gasteiger partial charge in [0, 0.05) is 0 Å². The predicted molar refractivity (Wildman–Crippen MR) is 40.0 cm³/mol. The van der Waals surface area contributed by atoms with Crippen molar-refractivity contribution in [2.24, 2.45) is 0 Å². The van der Waals surface area contributed by atoms with Gasteiger partial charge in [0.1, 0.15) is 0 Å². The molecule has 49 valence electrons. The van der Waals surface area contributed by atoms with E-state index in [1.54, 1.807) is 11.6 Å². The molecule has 0 N–H and O–H groups in total. The Morgan fingerprint density at radius 3 is 2.89 bits per heavy atom. The van der Waals surface area contributed by atoms with Crippen molar-refractivity contribution in [3.8, 4) is 0 Å². The first-order chi connectivity index (χ1) is 4.43. The van der Waals surface area contributed by atoms with Gasteiger partial charge in [-0.05, 0) is 32.1 Å². The quantitative estimate of drug-likeness (QED) is 0.387. The van der Waals surface area contributed by atoms with E-state index < -0.39 is 0 Å². The predicted octanol–water partition coefficient (Wildman–Crippen LogP) is 2.87. The van der Waals surface area contributed by atoms with Crippen LogP contribution in [0.15, 0.2) is 17.7 Å². The summed E-state index contributed by atoms with van der Waals surface area (Å²) in [4.78, 5) is 0. The summed E-state index contributed by atoms with van der Waals surface area (Å²) in [7, 11) is 0. The van der Waals surface area contributed by atoms with Gasteiger partial charge in [0.25, 0.3) is 0 Å². The third-order valence-corrected chi connectivity index (χ3v) is 1.61. The molecule has 0 aliphatic heterocycles. The number of unbranched alkanes of at least 4 members (excludes halogenated alkanes) is 2. The van der Waals surface area contributed by atoms with Gasteiger partial charge in [-0.25, -0.2) is 0 Å². The van der Waals surface area contributed by atoms with Gasteiger partial charge in [-0.15, -0.1) is 0 Å². The monoisotopic (exact) mass is 121 g/mol. The molecule has 0 spiro atoms. The molecule has 0 heteroatoms. The fourth-order valence-corrected chi connectivity index (χ4v) is 0.891.